The van der Waals surface area contributed by atoms with Crippen molar-refractivity contribution in [3.63, 3.8) is 0 Å². The van der Waals surface area contributed by atoms with Crippen LogP contribution in [-0.2, 0) is 0 Å². The zero-order chi connectivity index (χ0) is 11.5. The van der Waals surface area contributed by atoms with Gasteiger partial charge in [0.1, 0.15) is 5.75 Å². The average molecular weight is 217 g/mol. The Kier molecular flexibility index (Phi) is 2.57. The van der Waals surface area contributed by atoms with Crippen molar-refractivity contribution in [1.82, 2.24) is 10.2 Å². The molecule has 0 aliphatic rings. The van der Waals surface area contributed by atoms with Crippen molar-refractivity contribution in [3.8, 4) is 17.0 Å². The van der Waals surface area contributed by atoms with Gasteiger partial charge in [-0.1, -0.05) is 0 Å². The predicted octanol–water partition coefficient (Wildman–Crippen LogP) is 0.717. The van der Waals surface area contributed by atoms with E-state index in [2.05, 4.69) is 15.6 Å². The van der Waals surface area contributed by atoms with E-state index in [4.69, 9.17) is 11.6 Å². The number of benzene rings is 1. The van der Waals surface area contributed by atoms with Crippen molar-refractivity contribution < 1.29 is 5.11 Å². The molecule has 0 atom stereocenters. The summed E-state index contributed by atoms with van der Waals surface area (Å²) < 4.78 is 0. The number of nitrogens with two attached hydrogens (primary N) is 2. The summed E-state index contributed by atoms with van der Waals surface area (Å²) in [6, 6.07) is 8.11. The van der Waals surface area contributed by atoms with Gasteiger partial charge in [0.25, 0.3) is 0 Å². The van der Waals surface area contributed by atoms with Gasteiger partial charge in [0.05, 0.1) is 5.69 Å². The molecule has 2 aromatic rings. The lowest BCUT2D eigenvalue weighted by atomic mass is 10.1. The van der Waals surface area contributed by atoms with E-state index >= 15 is 0 Å². The third-order valence-electron chi connectivity index (χ3n) is 2.11. The summed E-state index contributed by atoms with van der Waals surface area (Å²) >= 11 is 0. The number of nitrogens with zero attached hydrogens (tertiary/aromatic N) is 2. The first-order valence-corrected chi connectivity index (χ1v) is 4.60. The first kappa shape index (κ1) is 10.2. The van der Waals surface area contributed by atoms with Gasteiger partial charge in [-0.2, -0.15) is 0 Å². The topological polar surface area (TPSA) is 110 Å². The van der Waals surface area contributed by atoms with E-state index in [0.29, 0.717) is 22.8 Å². The number of aromatic nitrogens is 2. The normalized spacial score (nSPS) is 10.1. The largest absolute Gasteiger partial charge is 0.507 e. The number of phenolic OH excluding ortho intramolecular Hbond substituents is 1. The molecule has 0 aliphatic carbocycles. The highest BCUT2D eigenvalue weighted by Crippen LogP contribution is 2.29. The molecular formula is C10H11N5O. The van der Waals surface area contributed by atoms with E-state index in [1.807, 2.05) is 0 Å². The van der Waals surface area contributed by atoms with Crippen LogP contribution >= 0.6 is 0 Å². The zero-order valence-corrected chi connectivity index (χ0v) is 8.38. The Morgan fingerprint density at radius 3 is 2.56 bits per heavy atom. The van der Waals surface area contributed by atoms with Crippen molar-refractivity contribution in [1.29, 1.82) is 0 Å². The van der Waals surface area contributed by atoms with Crippen LogP contribution in [0.25, 0.3) is 11.3 Å². The fraction of sp³-hybridized carbons (Fsp3) is 0. The average Bonchev–Trinajstić information content (AvgIpc) is 2.32. The number of phenols is 1. The van der Waals surface area contributed by atoms with Crippen LogP contribution in [0.3, 0.4) is 0 Å². The second kappa shape index (κ2) is 4.03. The van der Waals surface area contributed by atoms with E-state index in [0.717, 1.165) is 0 Å². The van der Waals surface area contributed by atoms with E-state index < -0.39 is 0 Å². The lowest BCUT2D eigenvalue weighted by molar-refractivity contribution is 0.477. The Morgan fingerprint density at radius 1 is 1.12 bits per heavy atom. The van der Waals surface area contributed by atoms with Crippen molar-refractivity contribution in [2.75, 3.05) is 11.2 Å². The molecule has 0 saturated carbocycles. The molecule has 6 heteroatoms. The van der Waals surface area contributed by atoms with Crippen molar-refractivity contribution in [3.05, 3.63) is 30.3 Å². The van der Waals surface area contributed by atoms with Crippen LogP contribution in [0.4, 0.5) is 11.5 Å². The number of nitrogens with one attached hydrogen (secondary N) is 1. The van der Waals surface area contributed by atoms with Crippen LogP contribution in [0.5, 0.6) is 5.75 Å². The first-order chi connectivity index (χ1) is 7.70. The lowest BCUT2D eigenvalue weighted by Gasteiger charge is -2.05. The molecule has 16 heavy (non-hydrogen) atoms. The minimum absolute atomic E-state index is 0.108. The number of anilines is 2. The van der Waals surface area contributed by atoms with Crippen LogP contribution < -0.4 is 17.0 Å². The van der Waals surface area contributed by atoms with Gasteiger partial charge < -0.3 is 16.3 Å². The summed E-state index contributed by atoms with van der Waals surface area (Å²) in [6.07, 6.45) is 0. The van der Waals surface area contributed by atoms with Crippen molar-refractivity contribution in [2.24, 2.45) is 5.84 Å². The highest BCUT2D eigenvalue weighted by molar-refractivity contribution is 5.70. The number of nitrogen functional groups attached to an aromatic ring is 2. The maximum atomic E-state index is 9.65. The van der Waals surface area contributed by atoms with E-state index in [-0.39, 0.29) is 5.75 Å². The summed E-state index contributed by atoms with van der Waals surface area (Å²) in [5.74, 6) is 5.73. The Morgan fingerprint density at radius 2 is 1.94 bits per heavy atom. The first-order valence-electron chi connectivity index (χ1n) is 4.60. The second-order valence-corrected chi connectivity index (χ2v) is 3.22. The second-order valence-electron chi connectivity index (χ2n) is 3.22. The molecule has 0 radical (unpaired) electrons. The lowest BCUT2D eigenvalue weighted by Crippen LogP contribution is -2.09. The molecule has 82 valence electrons. The number of hydrazine groups is 1. The molecule has 1 aromatic carbocycles. The summed E-state index contributed by atoms with van der Waals surface area (Å²) in [6.45, 7) is 0. The molecule has 0 spiro atoms. The van der Waals surface area contributed by atoms with E-state index in [1.54, 1.807) is 24.3 Å². The quantitative estimate of drug-likeness (QED) is 0.255. The third kappa shape index (κ3) is 1.86. The summed E-state index contributed by atoms with van der Waals surface area (Å²) in [7, 11) is 0. The van der Waals surface area contributed by atoms with Gasteiger partial charge >= 0.3 is 0 Å². The molecule has 0 aliphatic heterocycles. The molecule has 0 fully saturated rings. The number of rotatable bonds is 2. The van der Waals surface area contributed by atoms with Gasteiger partial charge in [0.2, 0.25) is 0 Å². The molecular weight excluding hydrogens is 206 g/mol. The molecule has 0 bridgehead atoms. The molecule has 0 saturated heterocycles. The Labute approximate surface area is 91.9 Å². The standard InChI is InChI=1S/C10H11N5O/c11-6-1-3-9(16)7(5-6)8-2-4-10(13-12)15-14-8/h1-5,16H,11-12H2,(H,13,15). The van der Waals surface area contributed by atoms with Crippen LogP contribution in [0.1, 0.15) is 0 Å². The van der Waals surface area contributed by atoms with Crippen LogP contribution in [0.15, 0.2) is 30.3 Å². The van der Waals surface area contributed by atoms with Crippen molar-refractivity contribution in [2.45, 2.75) is 0 Å². The smallest absolute Gasteiger partial charge is 0.162 e. The fourth-order valence-corrected chi connectivity index (χ4v) is 1.31. The van der Waals surface area contributed by atoms with E-state index in [9.17, 15) is 5.11 Å². The maximum Gasteiger partial charge on any atom is 0.162 e. The van der Waals surface area contributed by atoms with Crippen molar-refractivity contribution >= 4 is 11.5 Å². The Hall–Kier alpha value is -2.34. The van der Waals surface area contributed by atoms with Gasteiger partial charge in [0, 0.05) is 11.3 Å². The molecule has 6 N–H and O–H groups in total. The number of hydrogen-bond donors (Lipinski definition) is 4. The molecule has 6 nitrogen and oxygen atoms in total. The third-order valence-corrected chi connectivity index (χ3v) is 2.11. The number of hydrogen-bond acceptors (Lipinski definition) is 6. The molecule has 0 amide bonds. The summed E-state index contributed by atoms with van der Waals surface area (Å²) in [4.78, 5) is 0. The summed E-state index contributed by atoms with van der Waals surface area (Å²) in [5.41, 5.74) is 9.62. The molecule has 0 unspecified atom stereocenters. The summed E-state index contributed by atoms with van der Waals surface area (Å²) in [5, 5.41) is 17.4. The highest BCUT2D eigenvalue weighted by Gasteiger charge is 2.06. The molecule has 2 rings (SSSR count). The Balaban J connectivity index is 2.45. The fourth-order valence-electron chi connectivity index (χ4n) is 1.31. The van der Waals surface area contributed by atoms with Gasteiger partial charge in [-0.15, -0.1) is 10.2 Å². The minimum Gasteiger partial charge on any atom is -0.507 e. The highest BCUT2D eigenvalue weighted by atomic mass is 16.3. The van der Waals surface area contributed by atoms with E-state index in [1.165, 1.54) is 6.07 Å². The van der Waals surface area contributed by atoms with Crippen LogP contribution in [0.2, 0.25) is 0 Å². The van der Waals surface area contributed by atoms with Crippen LogP contribution in [-0.4, -0.2) is 15.3 Å². The maximum absolute atomic E-state index is 9.65. The monoisotopic (exact) mass is 217 g/mol. The molecule has 1 heterocycles. The minimum atomic E-state index is 0.108. The number of aromatic hydroxyl groups is 1. The van der Waals surface area contributed by atoms with Gasteiger partial charge in [-0.05, 0) is 30.3 Å². The SMILES string of the molecule is NNc1ccc(-c2cc(N)ccc2O)nn1. The van der Waals surface area contributed by atoms with Gasteiger partial charge in [0.15, 0.2) is 5.82 Å². The predicted molar refractivity (Wildman–Crippen MR) is 61.4 cm³/mol. The zero-order valence-electron chi connectivity index (χ0n) is 8.38. The van der Waals surface area contributed by atoms with Gasteiger partial charge in [-0.25, -0.2) is 5.84 Å². The van der Waals surface area contributed by atoms with Gasteiger partial charge in [-0.3, -0.25) is 0 Å². The molecule has 1 aromatic heterocycles. The Bertz CT molecular complexity index is 497. The van der Waals surface area contributed by atoms with Crippen LogP contribution in [0, 0.1) is 0 Å².